The van der Waals surface area contributed by atoms with Gasteiger partial charge in [0.2, 0.25) is 0 Å². The predicted molar refractivity (Wildman–Crippen MR) is 116 cm³/mol. The maximum atomic E-state index is 11.6. The van der Waals surface area contributed by atoms with Gasteiger partial charge in [-0.15, -0.1) is 0 Å². The van der Waals surface area contributed by atoms with Crippen LogP contribution in [-0.4, -0.2) is 33.2 Å². The Labute approximate surface area is 168 Å². The van der Waals surface area contributed by atoms with Gasteiger partial charge in [-0.05, 0) is 19.8 Å². The van der Waals surface area contributed by atoms with Crippen molar-refractivity contribution in [2.75, 3.05) is 13.2 Å². The molecule has 0 saturated heterocycles. The Morgan fingerprint density at radius 3 is 1.74 bits per heavy atom. The Morgan fingerprint density at radius 1 is 0.741 bits per heavy atom. The van der Waals surface area contributed by atoms with Gasteiger partial charge in [-0.2, -0.15) is 0 Å². The van der Waals surface area contributed by atoms with Crippen molar-refractivity contribution in [3.63, 3.8) is 0 Å². The zero-order valence-electron chi connectivity index (χ0n) is 18.2. The summed E-state index contributed by atoms with van der Waals surface area (Å²) in [5.74, 6) is -0.616. The van der Waals surface area contributed by atoms with E-state index in [1.807, 2.05) is 0 Å². The van der Waals surface area contributed by atoms with E-state index in [1.54, 1.807) is 6.92 Å². The highest BCUT2D eigenvalue weighted by molar-refractivity contribution is 6.76. The minimum absolute atomic E-state index is 0.209. The van der Waals surface area contributed by atoms with E-state index in [4.69, 9.17) is 9.47 Å². The molecule has 0 unspecified atom stereocenters. The average molecular weight is 399 g/mol. The molecule has 27 heavy (non-hydrogen) atoms. The first-order chi connectivity index (χ1) is 12.7. The summed E-state index contributed by atoms with van der Waals surface area (Å²) in [4.78, 5) is 22.7. The van der Waals surface area contributed by atoms with Crippen LogP contribution in [0.5, 0.6) is 0 Å². The van der Waals surface area contributed by atoms with Crippen molar-refractivity contribution in [3.8, 4) is 0 Å². The monoisotopic (exact) mass is 398 g/mol. The lowest BCUT2D eigenvalue weighted by molar-refractivity contribution is -0.146. The van der Waals surface area contributed by atoms with Gasteiger partial charge in [-0.1, -0.05) is 83.6 Å². The predicted octanol–water partition coefficient (Wildman–Crippen LogP) is 6.28. The lowest BCUT2D eigenvalue weighted by Gasteiger charge is -2.14. The topological polar surface area (TPSA) is 52.6 Å². The largest absolute Gasteiger partial charge is 0.466 e. The Kier molecular flexibility index (Phi) is 15.3. The minimum atomic E-state index is -0.837. The van der Waals surface area contributed by atoms with Crippen LogP contribution in [0.4, 0.5) is 0 Å². The second kappa shape index (κ2) is 15.9. The molecule has 0 spiro atoms. The summed E-state index contributed by atoms with van der Waals surface area (Å²) >= 11 is 0. The van der Waals surface area contributed by atoms with Crippen molar-refractivity contribution in [3.05, 3.63) is 12.2 Å². The summed E-state index contributed by atoms with van der Waals surface area (Å²) in [6.07, 6.45) is 12.2. The van der Waals surface area contributed by atoms with Gasteiger partial charge < -0.3 is 9.47 Å². The molecular formula is C22H42O4Si. The van der Waals surface area contributed by atoms with Crippen LogP contribution < -0.4 is 0 Å². The molecular weight excluding hydrogens is 356 g/mol. The maximum Gasteiger partial charge on any atom is 0.333 e. The summed E-state index contributed by atoms with van der Waals surface area (Å²) in [7, 11) is -0.837. The molecule has 158 valence electrons. The normalized spacial score (nSPS) is 11.3. The number of ether oxygens (including phenoxy) is 2. The van der Waals surface area contributed by atoms with Crippen molar-refractivity contribution < 1.29 is 19.1 Å². The molecule has 0 rings (SSSR count). The molecule has 0 aliphatic rings. The third kappa shape index (κ3) is 19.5. The Balaban J connectivity index is 3.29. The van der Waals surface area contributed by atoms with Crippen LogP contribution in [0.2, 0.25) is 25.7 Å². The maximum absolute atomic E-state index is 11.6. The molecule has 4 nitrogen and oxygen atoms in total. The molecule has 5 heteroatoms. The van der Waals surface area contributed by atoms with Gasteiger partial charge in [0, 0.05) is 20.1 Å². The molecule has 0 bridgehead atoms. The van der Waals surface area contributed by atoms with Gasteiger partial charge >= 0.3 is 11.9 Å². The third-order valence-corrected chi connectivity index (χ3v) is 6.29. The minimum Gasteiger partial charge on any atom is -0.466 e. The summed E-state index contributed by atoms with van der Waals surface area (Å²) < 4.78 is 10.1. The van der Waals surface area contributed by atoms with Crippen LogP contribution in [0.3, 0.4) is 0 Å². The van der Waals surface area contributed by atoms with Gasteiger partial charge in [-0.3, -0.25) is 4.79 Å². The van der Waals surface area contributed by atoms with Crippen LogP contribution in [-0.2, 0) is 19.1 Å². The molecule has 0 fully saturated rings. The Hall–Kier alpha value is -1.10. The van der Waals surface area contributed by atoms with Gasteiger partial charge in [0.05, 0.1) is 13.2 Å². The van der Waals surface area contributed by atoms with E-state index in [-0.39, 0.29) is 12.6 Å². The third-order valence-electron chi connectivity index (χ3n) is 4.44. The summed E-state index contributed by atoms with van der Waals surface area (Å²) in [5.41, 5.74) is 0.375. The average Bonchev–Trinajstić information content (AvgIpc) is 2.58. The van der Waals surface area contributed by atoms with Crippen molar-refractivity contribution in [1.82, 2.24) is 0 Å². The fourth-order valence-electron chi connectivity index (χ4n) is 2.76. The molecule has 0 amide bonds. The second-order valence-electron chi connectivity index (χ2n) is 8.73. The highest BCUT2D eigenvalue weighted by atomic mass is 28.3. The van der Waals surface area contributed by atoms with Gasteiger partial charge in [0.15, 0.2) is 0 Å². The SMILES string of the molecule is C=C(C)C(=O)OCCCC(=O)OCCCCCCCCCCC[Si](C)(C)C. The first-order valence-electron chi connectivity index (χ1n) is 10.7. The quantitative estimate of drug-likeness (QED) is 0.125. The number of rotatable bonds is 17. The lowest BCUT2D eigenvalue weighted by Crippen LogP contribution is -2.18. The smallest absolute Gasteiger partial charge is 0.333 e. The van der Waals surface area contributed by atoms with E-state index in [0.717, 1.165) is 12.8 Å². The number of unbranched alkanes of at least 4 members (excludes halogenated alkanes) is 8. The molecule has 0 heterocycles. The van der Waals surface area contributed by atoms with Crippen LogP contribution in [0.1, 0.15) is 77.6 Å². The standard InChI is InChI=1S/C22H42O4Si/c1-20(2)22(24)26-18-15-16-21(23)25-17-13-11-9-7-6-8-10-12-14-19-27(3,4)5/h1,6-19H2,2-5H3. The first-order valence-corrected chi connectivity index (χ1v) is 14.4. The molecule has 0 N–H and O–H groups in total. The fraction of sp³-hybridized carbons (Fsp3) is 0.818. The number of esters is 2. The molecule has 0 aliphatic carbocycles. The van der Waals surface area contributed by atoms with Crippen molar-refractivity contribution in [2.24, 2.45) is 0 Å². The Morgan fingerprint density at radius 2 is 1.22 bits per heavy atom. The van der Waals surface area contributed by atoms with Gasteiger partial charge in [0.1, 0.15) is 0 Å². The number of hydrogen-bond acceptors (Lipinski definition) is 4. The van der Waals surface area contributed by atoms with Crippen LogP contribution in [0.25, 0.3) is 0 Å². The molecule has 0 aromatic rings. The second-order valence-corrected chi connectivity index (χ2v) is 14.4. The van der Waals surface area contributed by atoms with E-state index in [1.165, 1.54) is 51.0 Å². The van der Waals surface area contributed by atoms with Crippen molar-refractivity contribution in [2.45, 2.75) is 103 Å². The molecule has 0 radical (unpaired) electrons. The van der Waals surface area contributed by atoms with Crippen LogP contribution in [0, 0.1) is 0 Å². The van der Waals surface area contributed by atoms with E-state index in [9.17, 15) is 9.59 Å². The van der Waals surface area contributed by atoms with Gasteiger partial charge in [0.25, 0.3) is 0 Å². The molecule has 0 aliphatic heterocycles. The number of carbonyl (C=O) groups is 2. The summed E-state index contributed by atoms with van der Waals surface area (Å²) in [6.45, 7) is 13.2. The highest BCUT2D eigenvalue weighted by Crippen LogP contribution is 2.16. The molecule has 0 atom stereocenters. The number of hydrogen-bond donors (Lipinski definition) is 0. The molecule has 0 aromatic carbocycles. The number of carbonyl (C=O) groups excluding carboxylic acids is 2. The van der Waals surface area contributed by atoms with E-state index in [0.29, 0.717) is 25.0 Å². The zero-order chi connectivity index (χ0) is 20.5. The van der Waals surface area contributed by atoms with E-state index >= 15 is 0 Å². The molecule has 0 saturated carbocycles. The van der Waals surface area contributed by atoms with Gasteiger partial charge in [-0.25, -0.2) is 4.79 Å². The Bertz CT molecular complexity index is 427. The lowest BCUT2D eigenvalue weighted by atomic mass is 10.1. The van der Waals surface area contributed by atoms with E-state index in [2.05, 4.69) is 26.2 Å². The highest BCUT2D eigenvalue weighted by Gasteiger charge is 2.11. The zero-order valence-corrected chi connectivity index (χ0v) is 19.2. The summed E-state index contributed by atoms with van der Waals surface area (Å²) in [6, 6.07) is 1.46. The molecule has 0 aromatic heterocycles. The first kappa shape index (κ1) is 25.9. The van der Waals surface area contributed by atoms with Crippen LogP contribution in [0.15, 0.2) is 12.2 Å². The summed E-state index contributed by atoms with van der Waals surface area (Å²) in [5, 5.41) is 0. The van der Waals surface area contributed by atoms with Crippen LogP contribution >= 0.6 is 0 Å². The van der Waals surface area contributed by atoms with Crippen molar-refractivity contribution in [1.29, 1.82) is 0 Å². The van der Waals surface area contributed by atoms with E-state index < -0.39 is 14.0 Å². The fourth-order valence-corrected chi connectivity index (χ4v) is 4.07. The van der Waals surface area contributed by atoms with Crippen molar-refractivity contribution >= 4 is 20.0 Å².